The van der Waals surface area contributed by atoms with E-state index in [-0.39, 0.29) is 71.1 Å². The van der Waals surface area contributed by atoms with E-state index in [4.69, 9.17) is 4.55 Å². The fourth-order valence-corrected chi connectivity index (χ4v) is 9.77. The lowest BCUT2D eigenvalue weighted by Crippen LogP contribution is -2.62. The Morgan fingerprint density at radius 3 is 2.47 bits per heavy atom. The van der Waals surface area contributed by atoms with Crippen LogP contribution < -0.4 is 5.32 Å². The average Bonchev–Trinajstić information content (AvgIpc) is 3.15. The summed E-state index contributed by atoms with van der Waals surface area (Å²) in [5.41, 5.74) is -0.229. The number of aliphatic hydroxyl groups is 3. The van der Waals surface area contributed by atoms with Crippen LogP contribution in [0.1, 0.15) is 85.0 Å². The molecule has 0 aromatic heterocycles. The molecule has 0 heterocycles. The number of aliphatic hydroxyl groups excluding tert-OH is 3. The van der Waals surface area contributed by atoms with Gasteiger partial charge in [-0.05, 0) is 104 Å². The Morgan fingerprint density at radius 2 is 1.78 bits per heavy atom. The first-order valence-electron chi connectivity index (χ1n) is 14.0. The molecule has 0 radical (unpaired) electrons. The first kappa shape index (κ1) is 28.3. The second-order valence-corrected chi connectivity index (χ2v) is 14.6. The zero-order valence-electron chi connectivity index (χ0n) is 22.1. The molecule has 4 fully saturated rings. The molecule has 36 heavy (non-hydrogen) atoms. The Kier molecular flexibility index (Phi) is 8.20. The largest absolute Gasteiger partial charge is 0.393 e. The van der Waals surface area contributed by atoms with E-state index < -0.39 is 22.3 Å². The van der Waals surface area contributed by atoms with Crippen molar-refractivity contribution in [2.45, 2.75) is 103 Å². The average molecular weight is 530 g/mol. The third-order valence-corrected chi connectivity index (χ3v) is 12.1. The van der Waals surface area contributed by atoms with Gasteiger partial charge in [0.15, 0.2) is 0 Å². The monoisotopic (exact) mass is 529 g/mol. The second-order valence-electron chi connectivity index (χ2n) is 13.0. The van der Waals surface area contributed by atoms with E-state index in [1.807, 2.05) is 0 Å². The molecule has 0 saturated heterocycles. The predicted molar refractivity (Wildman–Crippen MR) is 136 cm³/mol. The summed E-state index contributed by atoms with van der Waals surface area (Å²) >= 11 is 0. The second kappa shape index (κ2) is 10.4. The maximum absolute atomic E-state index is 12.3. The summed E-state index contributed by atoms with van der Waals surface area (Å²) < 4.78 is 30.4. The third kappa shape index (κ3) is 5.24. The quantitative estimate of drug-likeness (QED) is 0.240. The molecule has 4 aliphatic carbocycles. The van der Waals surface area contributed by atoms with Gasteiger partial charge in [0, 0.05) is 13.0 Å². The molecule has 0 bridgehead atoms. The molecule has 0 aromatic rings. The minimum absolute atomic E-state index is 0.0581. The standard InChI is InChI=1S/C27H47NO7S/c1-16(5-8-24(32)28-11-4-12-36(33,34)35)19-6-7-20-25-21(15-23(31)27(19,20)3)26(2)10-9-18(29)13-17(26)14-22(25)30/h16-23,25,29-31H,4-15H2,1-3H3,(H,28,32)(H,33,34,35)/t16-,17+,18-,19-,20?,21?,22-,23+,25?,26+,27-/m1/s1. The normalized spacial score (nSPS) is 45.3. The van der Waals surface area contributed by atoms with E-state index >= 15 is 0 Å². The number of nitrogens with one attached hydrogen (secondary N) is 1. The van der Waals surface area contributed by atoms with Crippen molar-refractivity contribution < 1.29 is 33.1 Å². The topological polar surface area (TPSA) is 144 Å². The van der Waals surface area contributed by atoms with E-state index in [1.165, 1.54) is 0 Å². The SMILES string of the molecule is C[C@H](CCC(=O)NCCCS(=O)(=O)O)[C@H]1CCC2C3C(C[C@H](O)[C@@]21C)[C@@]1(C)CC[C@@H](O)C[C@H]1C[C@H]3O. The highest BCUT2D eigenvalue weighted by molar-refractivity contribution is 7.85. The highest BCUT2D eigenvalue weighted by Gasteiger charge is 2.65. The number of rotatable bonds is 8. The number of carbonyl (C=O) groups excluding carboxylic acids is 1. The van der Waals surface area contributed by atoms with Crippen molar-refractivity contribution in [2.75, 3.05) is 12.3 Å². The van der Waals surface area contributed by atoms with Crippen LogP contribution >= 0.6 is 0 Å². The summed E-state index contributed by atoms with van der Waals surface area (Å²) in [5.74, 6) is 1.04. The van der Waals surface area contributed by atoms with Gasteiger partial charge in [-0.3, -0.25) is 9.35 Å². The molecule has 9 heteroatoms. The van der Waals surface area contributed by atoms with Crippen LogP contribution in [-0.4, -0.2) is 64.8 Å². The van der Waals surface area contributed by atoms with Crippen molar-refractivity contribution in [3.05, 3.63) is 0 Å². The molecule has 4 rings (SSSR count). The number of fused-ring (bicyclic) bond motifs is 5. The Bertz CT molecular complexity index is 912. The number of hydrogen-bond acceptors (Lipinski definition) is 6. The molecular weight excluding hydrogens is 482 g/mol. The number of hydrogen-bond donors (Lipinski definition) is 5. The number of amides is 1. The highest BCUT2D eigenvalue weighted by Crippen LogP contribution is 2.68. The molecule has 4 saturated carbocycles. The first-order valence-corrected chi connectivity index (χ1v) is 15.6. The van der Waals surface area contributed by atoms with Gasteiger partial charge in [-0.1, -0.05) is 20.8 Å². The molecule has 0 aliphatic heterocycles. The molecule has 3 unspecified atom stereocenters. The lowest BCUT2D eigenvalue weighted by Gasteiger charge is -2.63. The fourth-order valence-electron chi connectivity index (χ4n) is 9.26. The van der Waals surface area contributed by atoms with Crippen molar-refractivity contribution >= 4 is 16.0 Å². The lowest BCUT2D eigenvalue weighted by atomic mass is 9.43. The maximum Gasteiger partial charge on any atom is 0.264 e. The van der Waals surface area contributed by atoms with Gasteiger partial charge in [0.1, 0.15) is 0 Å². The van der Waals surface area contributed by atoms with Crippen LogP contribution in [0.2, 0.25) is 0 Å². The lowest BCUT2D eigenvalue weighted by molar-refractivity contribution is -0.207. The summed E-state index contributed by atoms with van der Waals surface area (Å²) in [6, 6.07) is 0. The zero-order valence-corrected chi connectivity index (χ0v) is 22.9. The van der Waals surface area contributed by atoms with Gasteiger partial charge in [-0.2, -0.15) is 8.42 Å². The van der Waals surface area contributed by atoms with Crippen molar-refractivity contribution in [1.82, 2.24) is 5.32 Å². The van der Waals surface area contributed by atoms with Gasteiger partial charge in [0.2, 0.25) is 5.91 Å². The van der Waals surface area contributed by atoms with Crippen molar-refractivity contribution in [1.29, 1.82) is 0 Å². The van der Waals surface area contributed by atoms with Gasteiger partial charge in [0.25, 0.3) is 10.1 Å². The molecule has 1 amide bonds. The molecule has 4 aliphatic rings. The zero-order chi connectivity index (χ0) is 26.5. The molecular formula is C27H47NO7S. The van der Waals surface area contributed by atoms with Crippen molar-refractivity contribution in [3.63, 3.8) is 0 Å². The van der Waals surface area contributed by atoms with Crippen LogP contribution in [0, 0.1) is 46.3 Å². The van der Waals surface area contributed by atoms with Crippen molar-refractivity contribution in [2.24, 2.45) is 46.3 Å². The fraction of sp³-hybridized carbons (Fsp3) is 0.963. The van der Waals surface area contributed by atoms with Crippen LogP contribution in [0.5, 0.6) is 0 Å². The maximum atomic E-state index is 12.3. The van der Waals surface area contributed by atoms with E-state index in [0.29, 0.717) is 25.2 Å². The van der Waals surface area contributed by atoms with Crippen LogP contribution in [0.15, 0.2) is 0 Å². The summed E-state index contributed by atoms with van der Waals surface area (Å²) in [4.78, 5) is 12.3. The molecule has 0 spiro atoms. The first-order chi connectivity index (χ1) is 16.8. The van der Waals surface area contributed by atoms with Gasteiger partial charge in [0.05, 0.1) is 24.1 Å². The molecule has 11 atom stereocenters. The summed E-state index contributed by atoms with van der Waals surface area (Å²) in [5, 5.41) is 36.0. The summed E-state index contributed by atoms with van der Waals surface area (Å²) in [6.45, 7) is 6.94. The highest BCUT2D eigenvalue weighted by atomic mass is 32.2. The minimum atomic E-state index is -4.01. The van der Waals surface area contributed by atoms with E-state index in [1.54, 1.807) is 0 Å². The third-order valence-electron chi connectivity index (χ3n) is 11.2. The molecule has 8 nitrogen and oxygen atoms in total. The number of carbonyl (C=O) groups is 1. The molecule has 0 aromatic carbocycles. The van der Waals surface area contributed by atoms with Gasteiger partial charge < -0.3 is 20.6 Å². The van der Waals surface area contributed by atoms with Gasteiger partial charge in [-0.25, -0.2) is 0 Å². The Morgan fingerprint density at radius 1 is 1.06 bits per heavy atom. The Hall–Kier alpha value is -0.740. The smallest absolute Gasteiger partial charge is 0.264 e. The van der Waals surface area contributed by atoms with E-state index in [0.717, 1.165) is 38.5 Å². The van der Waals surface area contributed by atoms with Crippen LogP contribution in [0.25, 0.3) is 0 Å². The Balaban J connectivity index is 1.39. The minimum Gasteiger partial charge on any atom is -0.393 e. The summed E-state index contributed by atoms with van der Waals surface area (Å²) in [7, 11) is -4.01. The van der Waals surface area contributed by atoms with Gasteiger partial charge >= 0.3 is 0 Å². The molecule has 5 N–H and O–H groups in total. The van der Waals surface area contributed by atoms with Crippen LogP contribution in [-0.2, 0) is 14.9 Å². The summed E-state index contributed by atoms with van der Waals surface area (Å²) in [6.07, 6.45) is 6.06. The van der Waals surface area contributed by atoms with Gasteiger partial charge in [-0.15, -0.1) is 0 Å². The van der Waals surface area contributed by atoms with E-state index in [2.05, 4.69) is 26.1 Å². The van der Waals surface area contributed by atoms with E-state index in [9.17, 15) is 28.5 Å². The Labute approximate surface area is 216 Å². The van der Waals surface area contributed by atoms with Crippen LogP contribution in [0.3, 0.4) is 0 Å². The van der Waals surface area contributed by atoms with Crippen molar-refractivity contribution in [3.8, 4) is 0 Å². The van der Waals surface area contributed by atoms with Crippen LogP contribution in [0.4, 0.5) is 0 Å². The predicted octanol–water partition coefficient (Wildman–Crippen LogP) is 2.76. The molecule has 208 valence electrons.